The van der Waals surface area contributed by atoms with Gasteiger partial charge in [0.05, 0.1) is 46.8 Å². The van der Waals surface area contributed by atoms with E-state index < -0.39 is 21.9 Å². The van der Waals surface area contributed by atoms with Gasteiger partial charge < -0.3 is 19.4 Å². The molecule has 252 valence electrons. The molecule has 4 heterocycles. The first-order valence-corrected chi connectivity index (χ1v) is 17.6. The molecule has 0 radical (unpaired) electrons. The number of imidazole rings is 1. The van der Waals surface area contributed by atoms with Crippen LogP contribution < -0.4 is 14.8 Å². The number of urea groups is 1. The highest BCUT2D eigenvalue weighted by Gasteiger charge is 2.27. The number of amides is 2. The van der Waals surface area contributed by atoms with Gasteiger partial charge in [-0.1, -0.05) is 19.1 Å². The molecule has 2 aromatic carbocycles. The van der Waals surface area contributed by atoms with E-state index in [1.165, 1.54) is 12.1 Å². The molecule has 14 heteroatoms. The fourth-order valence-corrected chi connectivity index (χ4v) is 6.89. The van der Waals surface area contributed by atoms with Crippen LogP contribution in [0.5, 0.6) is 5.88 Å². The van der Waals surface area contributed by atoms with Gasteiger partial charge in [-0.05, 0) is 75.2 Å². The number of carbonyl (C=O) groups excluding carboxylic acids is 1. The van der Waals surface area contributed by atoms with E-state index in [0.29, 0.717) is 55.1 Å². The molecule has 0 saturated carbocycles. The normalized spacial score (nSPS) is 17.1. The molecule has 48 heavy (non-hydrogen) atoms. The molecule has 2 aromatic heterocycles. The van der Waals surface area contributed by atoms with Crippen LogP contribution in [0.15, 0.2) is 59.5 Å². The predicted molar refractivity (Wildman–Crippen MR) is 175 cm³/mol. The van der Waals surface area contributed by atoms with E-state index in [1.54, 1.807) is 30.3 Å². The first kappa shape index (κ1) is 33.3. The average Bonchev–Trinajstić information content (AvgIpc) is 3.40. The van der Waals surface area contributed by atoms with Gasteiger partial charge in [-0.15, -0.1) is 0 Å². The highest BCUT2D eigenvalue weighted by molar-refractivity contribution is 7.90. The van der Waals surface area contributed by atoms with E-state index in [2.05, 4.69) is 14.9 Å². The number of hydrogen-bond donors (Lipinski definition) is 2. The molecule has 2 aliphatic heterocycles. The van der Waals surface area contributed by atoms with E-state index in [1.807, 2.05) is 29.7 Å². The minimum Gasteiger partial charge on any atom is -0.473 e. The van der Waals surface area contributed by atoms with Crippen molar-refractivity contribution >= 4 is 27.1 Å². The molecule has 2 amide bonds. The number of halogens is 1. The van der Waals surface area contributed by atoms with Gasteiger partial charge in [0.15, 0.2) is 0 Å². The summed E-state index contributed by atoms with van der Waals surface area (Å²) in [6.07, 6.45) is 3.38. The third-order valence-electron chi connectivity index (χ3n) is 8.72. The van der Waals surface area contributed by atoms with Crippen molar-refractivity contribution in [3.8, 4) is 11.9 Å². The molecular formula is C34H38FN7O5S. The zero-order valence-electron chi connectivity index (χ0n) is 26.7. The SMILES string of the molecule is CCCNC(=O)NS(=O)(=O)c1ccc2nc(CN3CCC(c4cccc(OCc5ccc(C#N)cc5F)n4)CC3)n(C[C@@H]3CCO3)c2c1. The maximum absolute atomic E-state index is 14.3. The molecule has 0 unspecified atom stereocenters. The van der Waals surface area contributed by atoms with Gasteiger partial charge in [0.1, 0.15) is 18.2 Å². The Hall–Kier alpha value is -4.58. The molecule has 2 N–H and O–H groups in total. The zero-order valence-corrected chi connectivity index (χ0v) is 27.5. The Morgan fingerprint density at radius 3 is 2.65 bits per heavy atom. The quantitative estimate of drug-likeness (QED) is 0.220. The van der Waals surface area contributed by atoms with E-state index in [0.717, 1.165) is 43.9 Å². The first-order chi connectivity index (χ1) is 23.2. The lowest BCUT2D eigenvalue weighted by Crippen LogP contribution is -2.39. The summed E-state index contributed by atoms with van der Waals surface area (Å²) >= 11 is 0. The van der Waals surface area contributed by atoms with Crippen LogP contribution >= 0.6 is 0 Å². The van der Waals surface area contributed by atoms with Gasteiger partial charge in [-0.25, -0.2) is 32.3 Å². The number of ether oxygens (including phenoxy) is 2. The summed E-state index contributed by atoms with van der Waals surface area (Å²) in [4.78, 5) is 24.0. The van der Waals surface area contributed by atoms with E-state index >= 15 is 0 Å². The Kier molecular flexibility index (Phi) is 10.2. The predicted octanol–water partition coefficient (Wildman–Crippen LogP) is 4.59. The number of fused-ring (bicyclic) bond motifs is 1. The number of nitrogens with zero attached hydrogens (tertiary/aromatic N) is 5. The summed E-state index contributed by atoms with van der Waals surface area (Å²) in [5.74, 6) is 0.989. The maximum atomic E-state index is 14.3. The number of sulfonamides is 1. The Bertz CT molecular complexity index is 1930. The number of likely N-dealkylation sites (tertiary alicyclic amines) is 1. The average molecular weight is 676 g/mol. The van der Waals surface area contributed by atoms with Crippen molar-refractivity contribution in [2.45, 2.75) is 69.2 Å². The number of hydrogen-bond acceptors (Lipinski definition) is 9. The number of piperidine rings is 1. The lowest BCUT2D eigenvalue weighted by molar-refractivity contribution is -0.0592. The lowest BCUT2D eigenvalue weighted by atomic mass is 9.93. The minimum absolute atomic E-state index is 0.00885. The minimum atomic E-state index is -4.08. The van der Waals surface area contributed by atoms with E-state index in [9.17, 15) is 17.6 Å². The zero-order chi connectivity index (χ0) is 33.7. The second kappa shape index (κ2) is 14.7. The number of rotatable bonds is 12. The molecule has 0 spiro atoms. The maximum Gasteiger partial charge on any atom is 0.328 e. The Morgan fingerprint density at radius 1 is 1.12 bits per heavy atom. The molecule has 12 nitrogen and oxygen atoms in total. The summed E-state index contributed by atoms with van der Waals surface area (Å²) < 4.78 is 56.0. The Balaban J connectivity index is 1.12. The molecule has 2 saturated heterocycles. The Morgan fingerprint density at radius 2 is 1.94 bits per heavy atom. The third-order valence-corrected chi connectivity index (χ3v) is 10.1. The van der Waals surface area contributed by atoms with Crippen molar-refractivity contribution in [3.05, 3.63) is 83.1 Å². The molecule has 1 atom stereocenters. The largest absolute Gasteiger partial charge is 0.473 e. The van der Waals surface area contributed by atoms with Crippen LogP contribution in [0.25, 0.3) is 11.0 Å². The van der Waals surface area contributed by atoms with Crippen LogP contribution in [-0.2, 0) is 34.5 Å². The van der Waals surface area contributed by atoms with Crippen LogP contribution in [0, 0.1) is 17.1 Å². The molecular weight excluding hydrogens is 637 g/mol. The fraction of sp³-hybridized carbons (Fsp3) is 0.412. The number of pyridine rings is 1. The van der Waals surface area contributed by atoms with Gasteiger partial charge >= 0.3 is 6.03 Å². The highest BCUT2D eigenvalue weighted by atomic mass is 32.2. The summed E-state index contributed by atoms with van der Waals surface area (Å²) in [5, 5.41) is 11.5. The van der Waals surface area contributed by atoms with E-state index in [-0.39, 0.29) is 29.1 Å². The summed E-state index contributed by atoms with van der Waals surface area (Å²) in [7, 11) is -4.08. The smallest absolute Gasteiger partial charge is 0.328 e. The second-order valence-electron chi connectivity index (χ2n) is 12.1. The molecule has 0 aliphatic carbocycles. The molecule has 4 aromatic rings. The number of nitrogens with one attached hydrogen (secondary N) is 2. The second-order valence-corrected chi connectivity index (χ2v) is 13.8. The van der Waals surface area contributed by atoms with Crippen molar-refractivity contribution in [2.75, 3.05) is 26.2 Å². The molecule has 0 bridgehead atoms. The van der Waals surface area contributed by atoms with Crippen LogP contribution in [0.1, 0.15) is 61.2 Å². The summed E-state index contributed by atoms with van der Waals surface area (Å²) in [6.45, 7) is 5.73. The first-order valence-electron chi connectivity index (χ1n) is 16.1. The molecule has 2 aliphatic rings. The Labute approximate surface area is 278 Å². The van der Waals surface area contributed by atoms with Gasteiger partial charge in [-0.3, -0.25) is 4.90 Å². The monoisotopic (exact) mass is 675 g/mol. The number of benzene rings is 2. The van der Waals surface area contributed by atoms with Gasteiger partial charge in [-0.2, -0.15) is 5.26 Å². The summed E-state index contributed by atoms with van der Waals surface area (Å²) in [6, 6.07) is 15.8. The molecule has 2 fully saturated rings. The fourth-order valence-electron chi connectivity index (χ4n) is 5.94. The van der Waals surface area contributed by atoms with Crippen LogP contribution in [0.3, 0.4) is 0 Å². The molecule has 6 rings (SSSR count). The van der Waals surface area contributed by atoms with Crippen LogP contribution in [-0.4, -0.2) is 66.2 Å². The van der Waals surface area contributed by atoms with Crippen molar-refractivity contribution in [3.63, 3.8) is 0 Å². The van der Waals surface area contributed by atoms with Gasteiger partial charge in [0.25, 0.3) is 10.0 Å². The number of carbonyl (C=O) groups is 1. The van der Waals surface area contributed by atoms with Crippen molar-refractivity contribution in [1.29, 1.82) is 5.26 Å². The number of aromatic nitrogens is 3. The number of nitriles is 1. The standard InChI is InChI=1S/C34H38FN7O5S/c1-2-13-37-34(43)40-48(44,45)27-8-9-30-31(18-27)42(20-26-12-16-46-26)32(38-30)21-41-14-10-24(11-15-41)29-4-3-5-33(39-29)47-22-25-7-6-23(19-36)17-28(25)35/h3-9,17-18,24,26H,2,10-16,20-22H2,1H3,(H2,37,40,43)/t26-/m0/s1. The van der Waals surface area contributed by atoms with Gasteiger partial charge in [0, 0.05) is 36.4 Å². The van der Waals surface area contributed by atoms with Crippen molar-refractivity contribution in [2.24, 2.45) is 0 Å². The third kappa shape index (κ3) is 7.75. The summed E-state index contributed by atoms with van der Waals surface area (Å²) in [5.41, 5.74) is 2.89. The van der Waals surface area contributed by atoms with E-state index in [4.69, 9.17) is 24.7 Å². The lowest BCUT2D eigenvalue weighted by Gasteiger charge is -2.32. The topological polar surface area (TPSA) is 151 Å². The van der Waals surface area contributed by atoms with Crippen LogP contribution in [0.4, 0.5) is 9.18 Å². The highest BCUT2D eigenvalue weighted by Crippen LogP contribution is 2.30. The van der Waals surface area contributed by atoms with Crippen molar-refractivity contribution < 1.29 is 27.1 Å². The van der Waals surface area contributed by atoms with Crippen molar-refractivity contribution in [1.82, 2.24) is 29.5 Å². The van der Waals surface area contributed by atoms with Gasteiger partial charge in [0.2, 0.25) is 5.88 Å². The van der Waals surface area contributed by atoms with Crippen LogP contribution in [0.2, 0.25) is 0 Å².